The van der Waals surface area contributed by atoms with Crippen LogP contribution < -0.4 is 4.74 Å². The van der Waals surface area contributed by atoms with E-state index in [0.29, 0.717) is 5.75 Å². The van der Waals surface area contributed by atoms with Crippen molar-refractivity contribution < 1.29 is 47.6 Å². The minimum atomic E-state index is -1.32. The highest BCUT2D eigenvalue weighted by molar-refractivity contribution is 5.85. The molecule has 0 N–H and O–H groups in total. The average molecular weight is 498 g/mol. The second-order valence-corrected chi connectivity index (χ2v) is 8.05. The zero-order chi connectivity index (χ0) is 26.4. The van der Waals surface area contributed by atoms with Crippen LogP contribution >= 0.6 is 0 Å². The van der Waals surface area contributed by atoms with Crippen molar-refractivity contribution in [3.05, 3.63) is 42.0 Å². The van der Waals surface area contributed by atoms with E-state index in [4.69, 9.17) is 34.8 Å². The second-order valence-electron chi connectivity index (χ2n) is 8.05. The van der Waals surface area contributed by atoms with Crippen molar-refractivity contribution in [2.75, 3.05) is 6.61 Å². The highest BCUT2D eigenvalue weighted by Crippen LogP contribution is 2.32. The van der Waals surface area contributed by atoms with Crippen LogP contribution in [0.2, 0.25) is 0 Å². The molecule has 10 nitrogen and oxygen atoms in total. The van der Waals surface area contributed by atoms with Crippen LogP contribution in [0.25, 0.3) is 10.8 Å². The lowest BCUT2D eigenvalue weighted by atomic mass is 9.98. The summed E-state index contributed by atoms with van der Waals surface area (Å²) < 4.78 is 33.2. The molecule has 0 aromatic heterocycles. The van der Waals surface area contributed by atoms with Gasteiger partial charge in [-0.15, -0.1) is 6.42 Å². The van der Waals surface area contributed by atoms with Crippen LogP contribution in [0.3, 0.4) is 0 Å². The molecule has 1 heterocycles. The van der Waals surface area contributed by atoms with Crippen molar-refractivity contribution in [3.63, 3.8) is 0 Å². The fourth-order valence-corrected chi connectivity index (χ4v) is 3.80. The van der Waals surface area contributed by atoms with Gasteiger partial charge in [0.05, 0.1) is 0 Å². The largest absolute Gasteiger partial charge is 0.463 e. The Balaban J connectivity index is 1.99. The summed E-state index contributed by atoms with van der Waals surface area (Å²) in [6, 6.07) is 10.6. The third-order valence-electron chi connectivity index (χ3n) is 5.18. The highest BCUT2D eigenvalue weighted by atomic mass is 16.7. The average Bonchev–Trinajstić information content (AvgIpc) is 2.80. The zero-order valence-electron chi connectivity index (χ0n) is 20.2. The van der Waals surface area contributed by atoms with Crippen molar-refractivity contribution in [1.29, 1.82) is 0 Å². The number of hydrogen-bond acceptors (Lipinski definition) is 10. The SMILES string of the molecule is C#Cc1ccc2cc(O[C@@H]3O[C@H](COC(C)=O)[C@@H](OC(C)=O)[C@H](OC(C)=O)[C@H]3OC(C)=O)ccc2c1. The Hall–Kier alpha value is -4.10. The van der Waals surface area contributed by atoms with E-state index in [1.54, 1.807) is 24.3 Å². The molecule has 0 saturated carbocycles. The van der Waals surface area contributed by atoms with Gasteiger partial charge in [0.15, 0.2) is 12.2 Å². The minimum Gasteiger partial charge on any atom is -0.463 e. The standard InChI is InChI=1S/C26H26O10/c1-6-18-7-8-20-12-21(10-9-19(20)11-18)35-26-25(34-17(5)30)24(33-16(4)29)23(32-15(3)28)22(36-26)13-31-14(2)27/h1,7-12,22-26H,13H2,2-5H3/t22-,23-,24+,25-,26-/m1/s1. The van der Waals surface area contributed by atoms with Crippen LogP contribution in [-0.2, 0) is 42.9 Å². The molecule has 3 rings (SSSR count). The van der Waals surface area contributed by atoms with Crippen molar-refractivity contribution >= 4 is 34.6 Å². The number of esters is 4. The lowest BCUT2D eigenvalue weighted by Crippen LogP contribution is -2.63. The molecular weight excluding hydrogens is 472 g/mol. The monoisotopic (exact) mass is 498 g/mol. The van der Waals surface area contributed by atoms with Gasteiger partial charge in [0.25, 0.3) is 0 Å². The Kier molecular flexibility index (Phi) is 8.51. The molecule has 2 aromatic carbocycles. The number of carbonyl (C=O) groups is 4. The third-order valence-corrected chi connectivity index (χ3v) is 5.18. The first-order valence-electron chi connectivity index (χ1n) is 11.0. The van der Waals surface area contributed by atoms with E-state index in [1.807, 2.05) is 12.1 Å². The Morgan fingerprint density at radius 2 is 1.39 bits per heavy atom. The van der Waals surface area contributed by atoms with Gasteiger partial charge in [0.1, 0.15) is 18.5 Å². The number of carbonyl (C=O) groups excluding carboxylic acids is 4. The molecule has 1 fully saturated rings. The van der Waals surface area contributed by atoms with Gasteiger partial charge in [-0.2, -0.15) is 0 Å². The van der Waals surface area contributed by atoms with Crippen molar-refractivity contribution in [2.45, 2.75) is 58.4 Å². The van der Waals surface area contributed by atoms with Crippen LogP contribution in [0.5, 0.6) is 5.75 Å². The van der Waals surface area contributed by atoms with Crippen LogP contribution in [-0.4, -0.2) is 61.2 Å². The predicted octanol–water partition coefficient (Wildman–Crippen LogP) is 2.28. The molecule has 0 aliphatic carbocycles. The van der Waals surface area contributed by atoms with Gasteiger partial charge in [-0.1, -0.05) is 18.1 Å². The van der Waals surface area contributed by atoms with Crippen molar-refractivity contribution in [3.8, 4) is 18.1 Å². The van der Waals surface area contributed by atoms with Gasteiger partial charge in [0, 0.05) is 33.3 Å². The summed E-state index contributed by atoms with van der Waals surface area (Å²) in [5, 5.41) is 1.69. The first-order valence-corrected chi connectivity index (χ1v) is 11.0. The molecule has 0 amide bonds. The minimum absolute atomic E-state index is 0.343. The topological polar surface area (TPSA) is 124 Å². The van der Waals surface area contributed by atoms with E-state index < -0.39 is 54.6 Å². The molecular formula is C26H26O10. The molecule has 5 atom stereocenters. The third kappa shape index (κ3) is 6.73. The van der Waals surface area contributed by atoms with Gasteiger partial charge >= 0.3 is 23.9 Å². The summed E-state index contributed by atoms with van der Waals surface area (Å²) in [6.45, 7) is 4.31. The van der Waals surface area contributed by atoms with Gasteiger partial charge in [-0.05, 0) is 35.0 Å². The lowest BCUT2D eigenvalue weighted by Gasteiger charge is -2.43. The predicted molar refractivity (Wildman–Crippen MR) is 124 cm³/mol. The summed E-state index contributed by atoms with van der Waals surface area (Å²) >= 11 is 0. The van der Waals surface area contributed by atoms with Crippen molar-refractivity contribution in [2.24, 2.45) is 0 Å². The summed E-state index contributed by atoms with van der Waals surface area (Å²) in [4.78, 5) is 47.1. The molecule has 1 saturated heterocycles. The quantitative estimate of drug-likeness (QED) is 0.319. The Morgan fingerprint density at radius 3 is 2.00 bits per heavy atom. The highest BCUT2D eigenvalue weighted by Gasteiger charge is 2.53. The molecule has 10 heteroatoms. The van der Waals surface area contributed by atoms with Crippen LogP contribution in [0, 0.1) is 12.3 Å². The zero-order valence-corrected chi connectivity index (χ0v) is 20.2. The first kappa shape index (κ1) is 26.5. The van der Waals surface area contributed by atoms with E-state index in [9.17, 15) is 19.2 Å². The fourth-order valence-electron chi connectivity index (χ4n) is 3.80. The number of ether oxygens (including phenoxy) is 6. The van der Waals surface area contributed by atoms with Crippen LogP contribution in [0.4, 0.5) is 0 Å². The van der Waals surface area contributed by atoms with E-state index in [1.165, 1.54) is 6.92 Å². The number of fused-ring (bicyclic) bond motifs is 1. The molecule has 0 unspecified atom stereocenters. The summed E-state index contributed by atoms with van der Waals surface area (Å²) in [7, 11) is 0. The number of rotatable bonds is 7. The first-order chi connectivity index (χ1) is 17.1. The molecule has 36 heavy (non-hydrogen) atoms. The maximum atomic E-state index is 11.9. The fraction of sp³-hybridized carbons (Fsp3) is 0.385. The van der Waals surface area contributed by atoms with Crippen LogP contribution in [0.1, 0.15) is 33.3 Å². The number of terminal acetylenes is 1. The smallest absolute Gasteiger partial charge is 0.303 e. The van der Waals surface area contributed by atoms with Crippen LogP contribution in [0.15, 0.2) is 36.4 Å². The molecule has 2 aromatic rings. The van der Waals surface area contributed by atoms with Gasteiger partial charge in [0.2, 0.25) is 12.4 Å². The Labute approximate surface area is 207 Å². The van der Waals surface area contributed by atoms with Gasteiger partial charge < -0.3 is 28.4 Å². The second kappa shape index (κ2) is 11.6. The Bertz CT molecular complexity index is 1200. The van der Waals surface area contributed by atoms with E-state index in [-0.39, 0.29) is 6.61 Å². The molecule has 0 spiro atoms. The molecule has 1 aliphatic heterocycles. The van der Waals surface area contributed by atoms with E-state index in [2.05, 4.69) is 5.92 Å². The molecule has 1 aliphatic rings. The van der Waals surface area contributed by atoms with Gasteiger partial charge in [-0.25, -0.2) is 0 Å². The molecule has 0 radical (unpaired) electrons. The molecule has 0 bridgehead atoms. The lowest BCUT2D eigenvalue weighted by molar-refractivity contribution is -0.288. The molecule has 190 valence electrons. The normalized spacial score (nSPS) is 23.1. The maximum absolute atomic E-state index is 11.9. The summed E-state index contributed by atoms with van der Waals surface area (Å²) in [6.07, 6.45) is -0.832. The maximum Gasteiger partial charge on any atom is 0.303 e. The van der Waals surface area contributed by atoms with Crippen molar-refractivity contribution in [1.82, 2.24) is 0 Å². The Morgan fingerprint density at radius 1 is 0.806 bits per heavy atom. The summed E-state index contributed by atoms with van der Waals surface area (Å²) in [5.74, 6) is 0.159. The number of hydrogen-bond donors (Lipinski definition) is 0. The van der Waals surface area contributed by atoms with Gasteiger partial charge in [-0.3, -0.25) is 19.2 Å². The summed E-state index contributed by atoms with van der Waals surface area (Å²) in [5.41, 5.74) is 0.718. The number of benzene rings is 2. The van der Waals surface area contributed by atoms with E-state index >= 15 is 0 Å². The van der Waals surface area contributed by atoms with E-state index in [0.717, 1.165) is 37.1 Å².